The Morgan fingerprint density at radius 3 is 2.44 bits per heavy atom. The third-order valence-corrected chi connectivity index (χ3v) is 8.19. The van der Waals surface area contributed by atoms with Gasteiger partial charge >= 0.3 is 5.69 Å². The maximum atomic E-state index is 15.8. The second-order valence-corrected chi connectivity index (χ2v) is 11.4. The van der Waals surface area contributed by atoms with Gasteiger partial charge in [0.2, 0.25) is 5.91 Å². The van der Waals surface area contributed by atoms with Crippen molar-refractivity contribution in [1.29, 1.82) is 0 Å². The predicted octanol–water partition coefficient (Wildman–Crippen LogP) is 4.46. The maximum Gasteiger partial charge on any atom is 0.351 e. The van der Waals surface area contributed by atoms with Gasteiger partial charge in [-0.3, -0.25) is 9.36 Å². The molecule has 0 bridgehead atoms. The first-order chi connectivity index (χ1) is 19.5. The number of benzene rings is 1. The molecule has 1 amide bonds. The summed E-state index contributed by atoms with van der Waals surface area (Å²) in [7, 11) is 0. The molecule has 0 aliphatic carbocycles. The van der Waals surface area contributed by atoms with Gasteiger partial charge in [0.15, 0.2) is 0 Å². The number of aromatic nitrogens is 3. The minimum Gasteiger partial charge on any atom is -0.352 e. The predicted molar refractivity (Wildman–Crippen MR) is 157 cm³/mol. The molecule has 5 rings (SSSR count). The van der Waals surface area contributed by atoms with Crippen LogP contribution in [0.4, 0.5) is 14.6 Å². The molecule has 2 aliphatic heterocycles. The summed E-state index contributed by atoms with van der Waals surface area (Å²) in [5.74, 6) is -1.04. The lowest BCUT2D eigenvalue weighted by Crippen LogP contribution is -2.59. The van der Waals surface area contributed by atoms with E-state index in [0.29, 0.717) is 30.8 Å². The SMILES string of the molecule is C=CC(=O)N1[C@H](C)CN(c2nc(=O)n([C@H]3C(C)=CCN[C@H]3C(C)C)c3nc(-c4ccccc4F)c(F)cc23)C[C@@H]1C. The van der Waals surface area contributed by atoms with Crippen LogP contribution in [0.1, 0.15) is 40.7 Å². The van der Waals surface area contributed by atoms with Gasteiger partial charge in [0, 0.05) is 43.3 Å². The highest BCUT2D eigenvalue weighted by Crippen LogP contribution is 2.35. The summed E-state index contributed by atoms with van der Waals surface area (Å²) in [6, 6.07) is 6.23. The molecule has 1 fully saturated rings. The number of hydrogen-bond donors (Lipinski definition) is 1. The molecule has 1 saturated heterocycles. The molecule has 216 valence electrons. The molecule has 2 aromatic heterocycles. The zero-order valence-corrected chi connectivity index (χ0v) is 24.1. The molecule has 0 spiro atoms. The van der Waals surface area contributed by atoms with Crippen molar-refractivity contribution in [3.05, 3.63) is 76.8 Å². The summed E-state index contributed by atoms with van der Waals surface area (Å²) in [4.78, 5) is 39.3. The number of nitrogens with one attached hydrogen (secondary N) is 1. The number of pyridine rings is 1. The molecule has 1 N–H and O–H groups in total. The van der Waals surface area contributed by atoms with Crippen LogP contribution in [-0.4, -0.2) is 63.1 Å². The van der Waals surface area contributed by atoms with Gasteiger partial charge in [-0.15, -0.1) is 0 Å². The van der Waals surface area contributed by atoms with E-state index in [1.54, 1.807) is 11.0 Å². The van der Waals surface area contributed by atoms with E-state index in [9.17, 15) is 14.0 Å². The summed E-state index contributed by atoms with van der Waals surface area (Å²) >= 11 is 0. The Labute approximate surface area is 238 Å². The van der Waals surface area contributed by atoms with Crippen molar-refractivity contribution >= 4 is 22.8 Å². The van der Waals surface area contributed by atoms with Crippen LogP contribution in [0.15, 0.2) is 59.4 Å². The molecule has 4 atom stereocenters. The van der Waals surface area contributed by atoms with Crippen molar-refractivity contribution in [3.63, 3.8) is 0 Å². The Bertz CT molecular complexity index is 1590. The van der Waals surface area contributed by atoms with Crippen molar-refractivity contribution in [2.75, 3.05) is 24.5 Å². The Kier molecular flexibility index (Phi) is 7.78. The average molecular weight is 563 g/mol. The van der Waals surface area contributed by atoms with E-state index in [2.05, 4.69) is 35.7 Å². The minimum atomic E-state index is -0.716. The van der Waals surface area contributed by atoms with E-state index in [1.165, 1.54) is 34.9 Å². The quantitative estimate of drug-likeness (QED) is 0.365. The number of carbonyl (C=O) groups excluding carboxylic acids is 1. The number of fused-ring (bicyclic) bond motifs is 1. The number of hydrogen-bond acceptors (Lipinski definition) is 6. The second kappa shape index (κ2) is 11.2. The number of halogens is 2. The number of piperazine rings is 1. The van der Waals surface area contributed by atoms with Gasteiger partial charge in [-0.25, -0.2) is 18.6 Å². The molecule has 0 radical (unpaired) electrons. The smallest absolute Gasteiger partial charge is 0.351 e. The fraction of sp³-hybridized carbons (Fsp3) is 0.419. The third kappa shape index (κ3) is 5.05. The highest BCUT2D eigenvalue weighted by molar-refractivity contribution is 5.90. The van der Waals surface area contributed by atoms with E-state index < -0.39 is 23.4 Å². The van der Waals surface area contributed by atoms with Crippen molar-refractivity contribution in [1.82, 2.24) is 24.8 Å². The lowest BCUT2D eigenvalue weighted by Gasteiger charge is -2.44. The molecule has 41 heavy (non-hydrogen) atoms. The molecule has 1 aromatic carbocycles. The Hall–Kier alpha value is -3.92. The van der Waals surface area contributed by atoms with Crippen molar-refractivity contribution in [2.45, 2.75) is 58.8 Å². The molecule has 4 heterocycles. The van der Waals surface area contributed by atoms with Gasteiger partial charge in [-0.2, -0.15) is 4.98 Å². The lowest BCUT2D eigenvalue weighted by atomic mass is 9.88. The van der Waals surface area contributed by atoms with Crippen LogP contribution in [0.2, 0.25) is 0 Å². The molecule has 0 unspecified atom stereocenters. The van der Waals surface area contributed by atoms with E-state index in [-0.39, 0.29) is 46.9 Å². The normalized spacial score (nSPS) is 23.2. The van der Waals surface area contributed by atoms with Crippen LogP contribution in [0.5, 0.6) is 0 Å². The topological polar surface area (TPSA) is 83.4 Å². The maximum absolute atomic E-state index is 15.8. The number of amides is 1. The van der Waals surface area contributed by atoms with Crippen LogP contribution in [0, 0.1) is 17.6 Å². The molecule has 10 heteroatoms. The molecular formula is C31H36F2N6O2. The van der Waals surface area contributed by atoms with Gasteiger partial charge in [0.1, 0.15) is 28.8 Å². The molecule has 8 nitrogen and oxygen atoms in total. The van der Waals surface area contributed by atoms with Crippen LogP contribution in [0.3, 0.4) is 0 Å². The summed E-state index contributed by atoms with van der Waals surface area (Å²) in [6.45, 7) is 15.0. The minimum absolute atomic E-state index is 0.0116. The molecule has 3 aromatic rings. The van der Waals surface area contributed by atoms with Crippen LogP contribution in [-0.2, 0) is 4.79 Å². The largest absolute Gasteiger partial charge is 0.352 e. The van der Waals surface area contributed by atoms with Crippen LogP contribution in [0.25, 0.3) is 22.3 Å². The number of nitrogens with zero attached hydrogens (tertiary/aromatic N) is 5. The zero-order chi connectivity index (χ0) is 29.6. The standard InChI is InChI=1S/C31H36F2N6O2/c1-7-25(40)38-19(5)15-37(16-20(38)6)29-22-14-24(33)27(21-10-8-9-11-23(21)32)35-30(22)39(31(41)36-29)28-18(4)12-13-34-26(28)17(2)3/h7-12,14,17,19-20,26,28,34H,1,13,15-16H2,2-6H3/t19-,20+,26-,28-/m0/s1. The first-order valence-corrected chi connectivity index (χ1v) is 14.0. The Morgan fingerprint density at radius 2 is 1.80 bits per heavy atom. The second-order valence-electron chi connectivity index (χ2n) is 11.4. The monoisotopic (exact) mass is 562 g/mol. The number of anilines is 1. The fourth-order valence-corrected chi connectivity index (χ4v) is 6.33. The highest BCUT2D eigenvalue weighted by Gasteiger charge is 2.36. The lowest BCUT2D eigenvalue weighted by molar-refractivity contribution is -0.130. The van der Waals surface area contributed by atoms with E-state index in [1.807, 2.05) is 31.7 Å². The zero-order valence-electron chi connectivity index (χ0n) is 24.1. The fourth-order valence-electron chi connectivity index (χ4n) is 6.33. The average Bonchev–Trinajstić information content (AvgIpc) is 2.92. The van der Waals surface area contributed by atoms with Gasteiger partial charge in [-0.1, -0.05) is 44.2 Å². The summed E-state index contributed by atoms with van der Waals surface area (Å²) in [6.07, 6.45) is 3.32. The van der Waals surface area contributed by atoms with E-state index >= 15 is 4.39 Å². The van der Waals surface area contributed by atoms with Gasteiger partial charge in [0.25, 0.3) is 0 Å². The van der Waals surface area contributed by atoms with Crippen molar-refractivity contribution < 1.29 is 13.6 Å². The highest BCUT2D eigenvalue weighted by atomic mass is 19.1. The van der Waals surface area contributed by atoms with Gasteiger partial charge in [-0.05, 0) is 51.0 Å². The number of carbonyl (C=O) groups is 1. The summed E-state index contributed by atoms with van der Waals surface area (Å²) in [5, 5.41) is 3.84. The molecule has 0 saturated carbocycles. The van der Waals surface area contributed by atoms with Gasteiger partial charge < -0.3 is 15.1 Å². The summed E-state index contributed by atoms with van der Waals surface area (Å²) in [5.41, 5.74) is 0.519. The molecular weight excluding hydrogens is 526 g/mol. The van der Waals surface area contributed by atoms with E-state index in [0.717, 1.165) is 5.57 Å². The van der Waals surface area contributed by atoms with Crippen molar-refractivity contribution in [2.24, 2.45) is 5.92 Å². The van der Waals surface area contributed by atoms with Gasteiger partial charge in [0.05, 0.1) is 11.4 Å². The molecule has 2 aliphatic rings. The third-order valence-electron chi connectivity index (χ3n) is 8.19. The Balaban J connectivity index is 1.76. The number of rotatable bonds is 5. The first-order valence-electron chi connectivity index (χ1n) is 14.0. The Morgan fingerprint density at radius 1 is 1.12 bits per heavy atom. The van der Waals surface area contributed by atoms with Crippen LogP contribution >= 0.6 is 0 Å². The van der Waals surface area contributed by atoms with Crippen molar-refractivity contribution in [3.8, 4) is 11.3 Å². The van der Waals surface area contributed by atoms with Crippen LogP contribution < -0.4 is 15.9 Å². The summed E-state index contributed by atoms with van der Waals surface area (Å²) < 4.78 is 32.2. The van der Waals surface area contributed by atoms with E-state index in [4.69, 9.17) is 0 Å². The first kappa shape index (κ1) is 28.6.